The molecule has 0 aliphatic carbocycles. The Labute approximate surface area is 93.1 Å². The summed E-state index contributed by atoms with van der Waals surface area (Å²) in [5.41, 5.74) is 6.65. The van der Waals surface area contributed by atoms with E-state index in [1.165, 1.54) is 27.5 Å². The number of nitrogens with zero attached hydrogens (tertiary/aromatic N) is 1. The summed E-state index contributed by atoms with van der Waals surface area (Å²) in [6.45, 7) is 0. The minimum atomic E-state index is -0.630. The fourth-order valence-corrected chi connectivity index (χ4v) is 1.47. The zero-order chi connectivity index (χ0) is 11.4. The Morgan fingerprint density at radius 3 is 2.40 bits per heavy atom. The van der Waals surface area contributed by atoms with E-state index < -0.39 is 6.29 Å². The van der Waals surface area contributed by atoms with E-state index in [1.54, 1.807) is 0 Å². The average Bonchev–Trinajstić information content (AvgIpc) is 2.24. The summed E-state index contributed by atoms with van der Waals surface area (Å²) in [5.74, 6) is 0.300. The molecule has 2 N–H and O–H groups in total. The molecular formula is C9H13ClN2O3. The Bertz CT molecular complexity index is 342. The average molecular weight is 233 g/mol. The van der Waals surface area contributed by atoms with Gasteiger partial charge in [-0.05, 0) is 0 Å². The summed E-state index contributed by atoms with van der Waals surface area (Å²) in [6, 6.07) is 0. The van der Waals surface area contributed by atoms with Crippen LogP contribution < -0.4 is 10.5 Å². The SMILES string of the molecule is COc1ncc(Cl)c(C(OC)OC)c1N. The van der Waals surface area contributed by atoms with Gasteiger partial charge in [0, 0.05) is 14.2 Å². The van der Waals surface area contributed by atoms with Crippen molar-refractivity contribution in [3.8, 4) is 5.88 Å². The molecule has 5 nitrogen and oxygen atoms in total. The van der Waals surface area contributed by atoms with Gasteiger partial charge in [-0.1, -0.05) is 11.6 Å². The number of aromatic nitrogens is 1. The number of pyridine rings is 1. The van der Waals surface area contributed by atoms with E-state index in [-0.39, 0.29) is 0 Å². The highest BCUT2D eigenvalue weighted by molar-refractivity contribution is 6.31. The molecule has 0 aliphatic rings. The van der Waals surface area contributed by atoms with Crippen molar-refractivity contribution in [2.75, 3.05) is 27.1 Å². The van der Waals surface area contributed by atoms with Gasteiger partial charge in [-0.15, -0.1) is 0 Å². The number of anilines is 1. The number of ether oxygens (including phenoxy) is 3. The van der Waals surface area contributed by atoms with Crippen molar-refractivity contribution in [3.05, 3.63) is 16.8 Å². The van der Waals surface area contributed by atoms with Crippen molar-refractivity contribution in [2.45, 2.75) is 6.29 Å². The van der Waals surface area contributed by atoms with Crippen molar-refractivity contribution in [3.63, 3.8) is 0 Å². The van der Waals surface area contributed by atoms with Gasteiger partial charge in [0.05, 0.1) is 23.9 Å². The molecule has 0 radical (unpaired) electrons. The van der Waals surface area contributed by atoms with Crippen LogP contribution in [0.1, 0.15) is 11.9 Å². The Morgan fingerprint density at radius 1 is 1.33 bits per heavy atom. The smallest absolute Gasteiger partial charge is 0.237 e. The Balaban J connectivity index is 3.25. The largest absolute Gasteiger partial charge is 0.480 e. The molecule has 0 saturated heterocycles. The Kier molecular flexibility index (Phi) is 4.14. The Hall–Kier alpha value is -1.04. The van der Waals surface area contributed by atoms with Crippen LogP contribution >= 0.6 is 11.6 Å². The van der Waals surface area contributed by atoms with Gasteiger partial charge in [-0.3, -0.25) is 0 Å². The molecule has 6 heteroatoms. The fraction of sp³-hybridized carbons (Fsp3) is 0.444. The number of hydrogen-bond acceptors (Lipinski definition) is 5. The molecule has 84 valence electrons. The van der Waals surface area contributed by atoms with E-state index in [9.17, 15) is 0 Å². The first-order valence-corrected chi connectivity index (χ1v) is 4.57. The van der Waals surface area contributed by atoms with Gasteiger partial charge in [0.1, 0.15) is 5.69 Å². The lowest BCUT2D eigenvalue weighted by molar-refractivity contribution is -0.105. The van der Waals surface area contributed by atoms with Gasteiger partial charge < -0.3 is 19.9 Å². The molecule has 0 atom stereocenters. The molecule has 1 rings (SSSR count). The second-order valence-electron chi connectivity index (χ2n) is 2.75. The van der Waals surface area contributed by atoms with Crippen LogP contribution in [0.5, 0.6) is 5.88 Å². The molecular weight excluding hydrogens is 220 g/mol. The van der Waals surface area contributed by atoms with Gasteiger partial charge in [0.2, 0.25) is 5.88 Å². The number of methoxy groups -OCH3 is 3. The predicted molar refractivity (Wildman–Crippen MR) is 57.0 cm³/mol. The van der Waals surface area contributed by atoms with Crippen LogP contribution in [-0.4, -0.2) is 26.3 Å². The molecule has 0 spiro atoms. The highest BCUT2D eigenvalue weighted by Crippen LogP contribution is 2.35. The monoisotopic (exact) mass is 232 g/mol. The number of nitrogen functional groups attached to an aromatic ring is 1. The van der Waals surface area contributed by atoms with Crippen LogP contribution in [0.15, 0.2) is 6.20 Å². The van der Waals surface area contributed by atoms with Gasteiger partial charge in [0.25, 0.3) is 0 Å². The fourth-order valence-electron chi connectivity index (χ4n) is 1.23. The van der Waals surface area contributed by atoms with Crippen LogP contribution in [-0.2, 0) is 9.47 Å². The number of nitrogens with two attached hydrogens (primary N) is 1. The molecule has 1 aromatic heterocycles. The maximum Gasteiger partial charge on any atom is 0.237 e. The molecule has 0 bridgehead atoms. The van der Waals surface area contributed by atoms with Crippen LogP contribution in [0.25, 0.3) is 0 Å². The highest BCUT2D eigenvalue weighted by Gasteiger charge is 2.20. The van der Waals surface area contributed by atoms with Gasteiger partial charge in [-0.2, -0.15) is 0 Å². The summed E-state index contributed by atoms with van der Waals surface area (Å²) in [4.78, 5) is 3.92. The van der Waals surface area contributed by atoms with E-state index in [2.05, 4.69) is 4.98 Å². The van der Waals surface area contributed by atoms with Crippen molar-refractivity contribution in [1.82, 2.24) is 4.98 Å². The summed E-state index contributed by atoms with van der Waals surface area (Å²) < 4.78 is 15.1. The lowest BCUT2D eigenvalue weighted by Gasteiger charge is -2.18. The van der Waals surface area contributed by atoms with Crippen molar-refractivity contribution in [2.24, 2.45) is 0 Å². The topological polar surface area (TPSA) is 66.6 Å². The van der Waals surface area contributed by atoms with E-state index >= 15 is 0 Å². The molecule has 1 aromatic rings. The maximum atomic E-state index is 5.95. The second kappa shape index (κ2) is 5.16. The summed E-state index contributed by atoms with van der Waals surface area (Å²) in [6.07, 6.45) is 0.811. The molecule has 0 aromatic carbocycles. The van der Waals surface area contributed by atoms with Crippen LogP contribution in [0.3, 0.4) is 0 Å². The van der Waals surface area contributed by atoms with E-state index in [0.29, 0.717) is 22.2 Å². The van der Waals surface area contributed by atoms with Crippen LogP contribution in [0.2, 0.25) is 5.02 Å². The second-order valence-corrected chi connectivity index (χ2v) is 3.15. The molecule has 15 heavy (non-hydrogen) atoms. The van der Waals surface area contributed by atoms with Gasteiger partial charge >= 0.3 is 0 Å². The standard InChI is InChI=1S/C9H13ClN2O3/c1-13-8-7(11)6(5(10)4-12-8)9(14-2)15-3/h4,9H,11H2,1-3H3. The molecule has 0 fully saturated rings. The van der Waals surface area contributed by atoms with E-state index in [4.69, 9.17) is 31.5 Å². The molecule has 0 saturated carbocycles. The Morgan fingerprint density at radius 2 is 1.93 bits per heavy atom. The molecule has 0 unspecified atom stereocenters. The van der Waals surface area contributed by atoms with Gasteiger partial charge in [-0.25, -0.2) is 4.98 Å². The quantitative estimate of drug-likeness (QED) is 0.799. The third-order valence-corrected chi connectivity index (χ3v) is 2.23. The van der Waals surface area contributed by atoms with Crippen LogP contribution in [0, 0.1) is 0 Å². The first-order chi connectivity index (χ1) is 7.15. The number of hydrogen-bond donors (Lipinski definition) is 1. The molecule has 0 amide bonds. The van der Waals surface area contributed by atoms with E-state index in [1.807, 2.05) is 0 Å². The first kappa shape index (κ1) is 12.0. The molecule has 1 heterocycles. The van der Waals surface area contributed by atoms with Gasteiger partial charge in [0.15, 0.2) is 6.29 Å². The minimum absolute atomic E-state index is 0.300. The normalized spacial score (nSPS) is 10.7. The van der Waals surface area contributed by atoms with E-state index in [0.717, 1.165) is 0 Å². The lowest BCUT2D eigenvalue weighted by Crippen LogP contribution is -2.09. The van der Waals surface area contributed by atoms with Crippen LogP contribution in [0.4, 0.5) is 5.69 Å². The van der Waals surface area contributed by atoms with Crippen molar-refractivity contribution >= 4 is 17.3 Å². The zero-order valence-corrected chi connectivity index (χ0v) is 9.54. The van der Waals surface area contributed by atoms with Crippen molar-refractivity contribution in [1.29, 1.82) is 0 Å². The summed E-state index contributed by atoms with van der Waals surface area (Å²) >= 11 is 5.95. The summed E-state index contributed by atoms with van der Waals surface area (Å²) in [5, 5.41) is 0.377. The third kappa shape index (κ3) is 2.31. The van der Waals surface area contributed by atoms with Crippen molar-refractivity contribution < 1.29 is 14.2 Å². The number of rotatable bonds is 4. The summed E-state index contributed by atoms with van der Waals surface area (Å²) in [7, 11) is 4.47. The highest BCUT2D eigenvalue weighted by atomic mass is 35.5. The third-order valence-electron chi connectivity index (χ3n) is 1.93. The minimum Gasteiger partial charge on any atom is -0.480 e. The number of halogens is 1. The predicted octanol–water partition coefficient (Wildman–Crippen LogP) is 1.62. The lowest BCUT2D eigenvalue weighted by atomic mass is 10.2. The molecule has 0 aliphatic heterocycles. The zero-order valence-electron chi connectivity index (χ0n) is 8.78. The maximum absolute atomic E-state index is 5.95. The first-order valence-electron chi connectivity index (χ1n) is 4.19.